The Balaban J connectivity index is 2.39. The Kier molecular flexibility index (Phi) is 5.59. The first-order chi connectivity index (χ1) is 11.5. The molecule has 0 aliphatic carbocycles. The largest absolute Gasteiger partial charge is 0.493 e. The Morgan fingerprint density at radius 2 is 1.71 bits per heavy atom. The van der Waals surface area contributed by atoms with Crippen LogP contribution in [0.4, 0.5) is 11.4 Å². The zero-order chi connectivity index (χ0) is 17.7. The average molecular weight is 351 g/mol. The molecule has 0 aliphatic rings. The molecule has 0 aliphatic heterocycles. The lowest BCUT2D eigenvalue weighted by Gasteiger charge is -2.12. The monoisotopic (exact) mass is 350 g/mol. The van der Waals surface area contributed by atoms with Crippen molar-refractivity contribution in [2.75, 3.05) is 21.3 Å². The number of ether oxygens (including phenoxy) is 3. The number of rotatable bonds is 6. The summed E-state index contributed by atoms with van der Waals surface area (Å²) in [5.74, 6) is 1.44. The molecule has 0 atom stereocenters. The van der Waals surface area contributed by atoms with Gasteiger partial charge in [0, 0.05) is 17.8 Å². The second-order valence-electron chi connectivity index (χ2n) is 4.61. The number of nitro groups is 1. The normalized spacial score (nSPS) is 10.7. The van der Waals surface area contributed by atoms with Crippen LogP contribution in [-0.2, 0) is 0 Å². The highest BCUT2D eigenvalue weighted by atomic mass is 35.5. The van der Waals surface area contributed by atoms with Crippen LogP contribution in [0.5, 0.6) is 17.2 Å². The van der Waals surface area contributed by atoms with E-state index in [4.69, 9.17) is 25.8 Å². The highest BCUT2D eigenvalue weighted by Crippen LogP contribution is 2.38. The third-order valence-corrected chi connectivity index (χ3v) is 3.50. The maximum absolute atomic E-state index is 10.9. The molecule has 0 fully saturated rings. The van der Waals surface area contributed by atoms with Gasteiger partial charge in [0.05, 0.1) is 31.9 Å². The minimum atomic E-state index is -0.555. The number of nitro benzene ring substituents is 1. The van der Waals surface area contributed by atoms with Gasteiger partial charge in [0.25, 0.3) is 5.69 Å². The van der Waals surface area contributed by atoms with Gasteiger partial charge in [-0.25, -0.2) is 0 Å². The maximum Gasteiger partial charge on any atom is 0.290 e. The fourth-order valence-corrected chi connectivity index (χ4v) is 2.23. The molecule has 0 heterocycles. The summed E-state index contributed by atoms with van der Waals surface area (Å²) in [5, 5.41) is 11.0. The molecule has 0 saturated heterocycles. The summed E-state index contributed by atoms with van der Waals surface area (Å²) in [6, 6.07) is 7.76. The molecule has 0 aromatic heterocycles. The Bertz CT molecular complexity index is 767. The van der Waals surface area contributed by atoms with Crippen LogP contribution in [0.15, 0.2) is 35.3 Å². The number of hydrogen-bond acceptors (Lipinski definition) is 6. The highest BCUT2D eigenvalue weighted by molar-refractivity contribution is 6.32. The maximum atomic E-state index is 10.9. The lowest BCUT2D eigenvalue weighted by atomic mass is 10.2. The van der Waals surface area contributed by atoms with Crippen LogP contribution in [-0.4, -0.2) is 32.5 Å². The van der Waals surface area contributed by atoms with Crippen molar-refractivity contribution in [3.8, 4) is 17.2 Å². The molecule has 0 amide bonds. The van der Waals surface area contributed by atoms with Gasteiger partial charge in [0.1, 0.15) is 5.02 Å². The van der Waals surface area contributed by atoms with E-state index in [9.17, 15) is 10.1 Å². The summed E-state index contributed by atoms with van der Waals surface area (Å²) < 4.78 is 15.8. The van der Waals surface area contributed by atoms with Gasteiger partial charge in [0.2, 0.25) is 5.75 Å². The summed E-state index contributed by atoms with van der Waals surface area (Å²) in [7, 11) is 4.54. The third-order valence-electron chi connectivity index (χ3n) is 3.18. The number of nitrogens with zero attached hydrogens (tertiary/aromatic N) is 2. The number of hydrogen-bond donors (Lipinski definition) is 0. The van der Waals surface area contributed by atoms with E-state index in [0.717, 1.165) is 0 Å². The molecular formula is C16H15ClN2O5. The molecule has 2 aromatic carbocycles. The quantitative estimate of drug-likeness (QED) is 0.446. The first-order valence-corrected chi connectivity index (χ1v) is 7.16. The molecule has 8 heteroatoms. The van der Waals surface area contributed by atoms with E-state index in [2.05, 4.69) is 4.99 Å². The second-order valence-corrected chi connectivity index (χ2v) is 5.02. The van der Waals surface area contributed by atoms with Gasteiger partial charge >= 0.3 is 0 Å². The predicted molar refractivity (Wildman–Crippen MR) is 91.5 cm³/mol. The lowest BCUT2D eigenvalue weighted by molar-refractivity contribution is -0.384. The molecule has 0 spiro atoms. The fourth-order valence-electron chi connectivity index (χ4n) is 2.05. The van der Waals surface area contributed by atoms with Crippen LogP contribution >= 0.6 is 11.6 Å². The molecule has 0 bridgehead atoms. The zero-order valence-corrected chi connectivity index (χ0v) is 14.0. The molecule has 2 aromatic rings. The van der Waals surface area contributed by atoms with E-state index in [-0.39, 0.29) is 10.7 Å². The smallest absolute Gasteiger partial charge is 0.290 e. The number of halogens is 1. The molecule has 0 saturated carbocycles. The van der Waals surface area contributed by atoms with Crippen LogP contribution < -0.4 is 14.2 Å². The Labute approximate surface area is 143 Å². The second kappa shape index (κ2) is 7.65. The fraction of sp³-hybridized carbons (Fsp3) is 0.188. The summed E-state index contributed by atoms with van der Waals surface area (Å²) in [4.78, 5) is 14.6. The molecule has 0 radical (unpaired) electrons. The number of methoxy groups -OCH3 is 3. The van der Waals surface area contributed by atoms with Gasteiger partial charge in [-0.3, -0.25) is 15.1 Å². The molecule has 2 rings (SSSR count). The highest BCUT2D eigenvalue weighted by Gasteiger charge is 2.14. The summed E-state index contributed by atoms with van der Waals surface area (Å²) in [6.45, 7) is 0. The predicted octanol–water partition coefficient (Wildman–Crippen LogP) is 4.02. The lowest BCUT2D eigenvalue weighted by Crippen LogP contribution is -1.96. The topological polar surface area (TPSA) is 83.2 Å². The SMILES string of the molecule is COc1cc(C=Nc2ccc(Cl)c([N+](=O)[O-])c2)cc(OC)c1OC. The van der Waals surface area contributed by atoms with Crippen molar-refractivity contribution < 1.29 is 19.1 Å². The molecule has 24 heavy (non-hydrogen) atoms. The number of benzene rings is 2. The average Bonchev–Trinajstić information content (AvgIpc) is 2.59. The van der Waals surface area contributed by atoms with E-state index in [0.29, 0.717) is 28.5 Å². The van der Waals surface area contributed by atoms with E-state index >= 15 is 0 Å². The van der Waals surface area contributed by atoms with Crippen molar-refractivity contribution in [1.82, 2.24) is 0 Å². The summed E-state index contributed by atoms with van der Waals surface area (Å²) in [5.41, 5.74) is 0.887. The molecule has 0 unspecified atom stereocenters. The van der Waals surface area contributed by atoms with E-state index in [1.807, 2.05) is 0 Å². The van der Waals surface area contributed by atoms with E-state index in [1.165, 1.54) is 39.7 Å². The van der Waals surface area contributed by atoms with Crippen molar-refractivity contribution in [3.05, 3.63) is 51.0 Å². The Hall–Kier alpha value is -2.80. The van der Waals surface area contributed by atoms with Crippen LogP contribution in [0.2, 0.25) is 5.02 Å². The first-order valence-electron chi connectivity index (χ1n) is 6.78. The van der Waals surface area contributed by atoms with Gasteiger partial charge in [0.15, 0.2) is 11.5 Å². The van der Waals surface area contributed by atoms with Gasteiger partial charge in [-0.1, -0.05) is 11.6 Å². The minimum absolute atomic E-state index is 0.0618. The summed E-state index contributed by atoms with van der Waals surface area (Å²) >= 11 is 5.78. The molecule has 126 valence electrons. The van der Waals surface area contributed by atoms with E-state index < -0.39 is 4.92 Å². The van der Waals surface area contributed by atoms with Crippen molar-refractivity contribution >= 4 is 29.2 Å². The van der Waals surface area contributed by atoms with Crippen molar-refractivity contribution in [2.45, 2.75) is 0 Å². The Morgan fingerprint density at radius 1 is 1.08 bits per heavy atom. The summed E-state index contributed by atoms with van der Waals surface area (Å²) in [6.07, 6.45) is 1.54. The molecule has 7 nitrogen and oxygen atoms in total. The van der Waals surface area contributed by atoms with Gasteiger partial charge in [-0.05, 0) is 24.3 Å². The molecular weight excluding hydrogens is 336 g/mol. The van der Waals surface area contributed by atoms with Crippen LogP contribution in [0.1, 0.15) is 5.56 Å². The van der Waals surface area contributed by atoms with Gasteiger partial charge < -0.3 is 14.2 Å². The van der Waals surface area contributed by atoms with Crippen molar-refractivity contribution in [1.29, 1.82) is 0 Å². The van der Waals surface area contributed by atoms with E-state index in [1.54, 1.807) is 18.2 Å². The zero-order valence-electron chi connectivity index (χ0n) is 13.3. The number of aliphatic imine (C=N–C) groups is 1. The van der Waals surface area contributed by atoms with Crippen LogP contribution in [0.3, 0.4) is 0 Å². The van der Waals surface area contributed by atoms with Crippen LogP contribution in [0, 0.1) is 10.1 Å². The van der Waals surface area contributed by atoms with Gasteiger partial charge in [-0.15, -0.1) is 0 Å². The third kappa shape index (κ3) is 3.75. The Morgan fingerprint density at radius 3 is 2.21 bits per heavy atom. The van der Waals surface area contributed by atoms with Crippen molar-refractivity contribution in [2.24, 2.45) is 4.99 Å². The van der Waals surface area contributed by atoms with Crippen LogP contribution in [0.25, 0.3) is 0 Å². The minimum Gasteiger partial charge on any atom is -0.493 e. The molecule has 0 N–H and O–H groups in total. The van der Waals surface area contributed by atoms with Crippen molar-refractivity contribution in [3.63, 3.8) is 0 Å². The first kappa shape index (κ1) is 17.6. The standard InChI is InChI=1S/C16H15ClN2O5/c1-22-14-6-10(7-15(23-2)16(14)24-3)9-18-11-4-5-12(17)13(8-11)19(20)21/h4-9H,1-3H3. The van der Waals surface area contributed by atoms with Gasteiger partial charge in [-0.2, -0.15) is 0 Å².